The van der Waals surface area contributed by atoms with Gasteiger partial charge in [0.15, 0.2) is 0 Å². The lowest BCUT2D eigenvalue weighted by atomic mass is 10.0. The van der Waals surface area contributed by atoms with Crippen molar-refractivity contribution >= 4 is 0 Å². The highest BCUT2D eigenvalue weighted by atomic mass is 19.1. The van der Waals surface area contributed by atoms with Crippen LogP contribution >= 0.6 is 0 Å². The van der Waals surface area contributed by atoms with Gasteiger partial charge in [-0.15, -0.1) is 0 Å². The molecule has 0 fully saturated rings. The first-order chi connectivity index (χ1) is 7.66. The Morgan fingerprint density at radius 2 is 2.19 bits per heavy atom. The Balaban J connectivity index is 2.17. The number of aliphatic hydroxyl groups is 1. The third kappa shape index (κ3) is 2.22. The maximum absolute atomic E-state index is 13.3. The highest BCUT2D eigenvalue weighted by Crippen LogP contribution is 2.20. The Morgan fingerprint density at radius 1 is 1.38 bits per heavy atom. The second kappa shape index (κ2) is 4.36. The van der Waals surface area contributed by atoms with E-state index in [1.54, 1.807) is 0 Å². The number of H-pyrrole nitrogens is 1. The fraction of sp³-hybridized carbons (Fsp3) is 0.200. The molecule has 1 aromatic carbocycles. The summed E-state index contributed by atoms with van der Waals surface area (Å²) in [5.74, 6) is -1.44. The van der Waals surface area contributed by atoms with Crippen molar-refractivity contribution in [1.82, 2.24) is 15.4 Å². The molecule has 2 N–H and O–H groups in total. The zero-order valence-corrected chi connectivity index (χ0v) is 8.19. The molecule has 0 aliphatic heterocycles. The van der Waals surface area contributed by atoms with Gasteiger partial charge >= 0.3 is 0 Å². The maximum atomic E-state index is 13.3. The van der Waals surface area contributed by atoms with Crippen molar-refractivity contribution in [2.45, 2.75) is 12.5 Å². The molecular weight excluding hydrogens is 216 g/mol. The average Bonchev–Trinajstić information content (AvgIpc) is 2.70. The summed E-state index contributed by atoms with van der Waals surface area (Å²) in [6, 6.07) is 3.06. The molecule has 84 valence electrons. The topological polar surface area (TPSA) is 61.8 Å². The lowest BCUT2D eigenvalue weighted by Gasteiger charge is -2.09. The summed E-state index contributed by atoms with van der Waals surface area (Å²) in [4.78, 5) is 0. The Bertz CT molecular complexity index is 473. The quantitative estimate of drug-likeness (QED) is 0.829. The van der Waals surface area contributed by atoms with Crippen LogP contribution in [-0.4, -0.2) is 20.5 Å². The van der Waals surface area contributed by atoms with Gasteiger partial charge < -0.3 is 5.11 Å². The van der Waals surface area contributed by atoms with E-state index in [0.717, 1.165) is 12.1 Å². The number of rotatable bonds is 3. The minimum Gasteiger partial charge on any atom is -0.388 e. The zero-order chi connectivity index (χ0) is 11.5. The molecule has 6 heteroatoms. The van der Waals surface area contributed by atoms with Gasteiger partial charge in [0.2, 0.25) is 0 Å². The van der Waals surface area contributed by atoms with Crippen LogP contribution in [0.1, 0.15) is 17.4 Å². The first-order valence-electron chi connectivity index (χ1n) is 4.64. The maximum Gasteiger partial charge on any atom is 0.131 e. The van der Waals surface area contributed by atoms with Crippen molar-refractivity contribution in [1.29, 1.82) is 0 Å². The van der Waals surface area contributed by atoms with E-state index in [0.29, 0.717) is 5.69 Å². The number of nitrogens with zero attached hydrogens (tertiary/aromatic N) is 2. The molecule has 0 radical (unpaired) electrons. The molecule has 2 aromatic rings. The van der Waals surface area contributed by atoms with Gasteiger partial charge in [-0.3, -0.25) is 0 Å². The highest BCUT2D eigenvalue weighted by molar-refractivity contribution is 5.21. The minimum atomic E-state index is -1.06. The van der Waals surface area contributed by atoms with Crippen LogP contribution in [0.2, 0.25) is 0 Å². The van der Waals surface area contributed by atoms with E-state index in [-0.39, 0.29) is 12.0 Å². The summed E-state index contributed by atoms with van der Waals surface area (Å²) in [6.07, 6.45) is 0.495. The average molecular weight is 225 g/mol. The van der Waals surface area contributed by atoms with Gasteiger partial charge in [0.1, 0.15) is 11.6 Å². The molecule has 1 unspecified atom stereocenters. The van der Waals surface area contributed by atoms with E-state index < -0.39 is 17.7 Å². The van der Waals surface area contributed by atoms with Gasteiger partial charge in [-0.2, -0.15) is 15.4 Å². The van der Waals surface area contributed by atoms with E-state index in [9.17, 15) is 13.9 Å². The van der Waals surface area contributed by atoms with Crippen molar-refractivity contribution in [3.05, 3.63) is 47.3 Å². The van der Waals surface area contributed by atoms with Gasteiger partial charge in [-0.05, 0) is 6.07 Å². The van der Waals surface area contributed by atoms with Gasteiger partial charge in [0.25, 0.3) is 0 Å². The Hall–Kier alpha value is -1.82. The van der Waals surface area contributed by atoms with Crippen LogP contribution in [-0.2, 0) is 6.42 Å². The van der Waals surface area contributed by atoms with Crippen LogP contribution in [0.15, 0.2) is 24.4 Å². The Morgan fingerprint density at radius 3 is 2.81 bits per heavy atom. The molecule has 0 saturated heterocycles. The SMILES string of the molecule is OC(Cc1cn[nH]n1)c1ccc(F)cc1F. The molecule has 1 aromatic heterocycles. The van der Waals surface area contributed by atoms with Crippen LogP contribution in [0.3, 0.4) is 0 Å². The van der Waals surface area contributed by atoms with Crippen molar-refractivity contribution in [3.8, 4) is 0 Å². The van der Waals surface area contributed by atoms with Crippen LogP contribution in [0.5, 0.6) is 0 Å². The molecule has 4 nitrogen and oxygen atoms in total. The smallest absolute Gasteiger partial charge is 0.131 e. The molecule has 0 amide bonds. The Labute approximate surface area is 89.9 Å². The van der Waals surface area contributed by atoms with Gasteiger partial charge in [0.05, 0.1) is 18.0 Å². The molecule has 0 bridgehead atoms. The van der Waals surface area contributed by atoms with E-state index in [2.05, 4.69) is 15.4 Å². The largest absolute Gasteiger partial charge is 0.388 e. The standard InChI is InChI=1S/C10H9F2N3O/c11-6-1-2-8(9(12)3-6)10(16)4-7-5-13-15-14-7/h1-3,5,10,16H,4H2,(H,13,14,15). The van der Waals surface area contributed by atoms with Crippen LogP contribution in [0.25, 0.3) is 0 Å². The predicted molar refractivity (Wildman–Crippen MR) is 51.4 cm³/mol. The number of aromatic amines is 1. The number of halogens is 2. The monoisotopic (exact) mass is 225 g/mol. The van der Waals surface area contributed by atoms with Gasteiger partial charge in [-0.25, -0.2) is 8.78 Å². The number of aromatic nitrogens is 3. The van der Waals surface area contributed by atoms with Crippen molar-refractivity contribution in [2.75, 3.05) is 0 Å². The van der Waals surface area contributed by atoms with E-state index in [1.165, 1.54) is 12.3 Å². The molecule has 0 aliphatic carbocycles. The molecule has 1 heterocycles. The normalized spacial score (nSPS) is 12.7. The van der Waals surface area contributed by atoms with E-state index >= 15 is 0 Å². The summed E-state index contributed by atoms with van der Waals surface area (Å²) < 4.78 is 25.9. The third-order valence-corrected chi connectivity index (χ3v) is 2.19. The van der Waals surface area contributed by atoms with E-state index in [4.69, 9.17) is 0 Å². The molecular formula is C10H9F2N3O. The Kier molecular flexibility index (Phi) is 2.91. The van der Waals surface area contributed by atoms with Crippen LogP contribution in [0, 0.1) is 11.6 Å². The second-order valence-corrected chi connectivity index (χ2v) is 3.35. The molecule has 2 rings (SSSR count). The van der Waals surface area contributed by atoms with Gasteiger partial charge in [-0.1, -0.05) is 6.07 Å². The molecule has 16 heavy (non-hydrogen) atoms. The van der Waals surface area contributed by atoms with Crippen molar-refractivity contribution < 1.29 is 13.9 Å². The summed E-state index contributed by atoms with van der Waals surface area (Å²) in [6.45, 7) is 0. The zero-order valence-electron chi connectivity index (χ0n) is 8.19. The highest BCUT2D eigenvalue weighted by Gasteiger charge is 2.15. The number of nitrogens with one attached hydrogen (secondary N) is 1. The number of hydrogen-bond acceptors (Lipinski definition) is 3. The number of aliphatic hydroxyl groups excluding tert-OH is 1. The summed E-state index contributed by atoms with van der Waals surface area (Å²) in [5.41, 5.74) is 0.556. The lowest BCUT2D eigenvalue weighted by Crippen LogP contribution is -2.05. The molecule has 0 aliphatic rings. The van der Waals surface area contributed by atoms with Crippen LogP contribution < -0.4 is 0 Å². The molecule has 0 spiro atoms. The van der Waals surface area contributed by atoms with Crippen molar-refractivity contribution in [3.63, 3.8) is 0 Å². The van der Waals surface area contributed by atoms with Gasteiger partial charge in [0, 0.05) is 18.1 Å². The van der Waals surface area contributed by atoms with Crippen molar-refractivity contribution in [2.24, 2.45) is 0 Å². The molecule has 1 atom stereocenters. The first kappa shape index (κ1) is 10.7. The first-order valence-corrected chi connectivity index (χ1v) is 4.64. The fourth-order valence-electron chi connectivity index (χ4n) is 1.40. The second-order valence-electron chi connectivity index (χ2n) is 3.35. The molecule has 0 saturated carbocycles. The minimum absolute atomic E-state index is 0.0457. The summed E-state index contributed by atoms with van der Waals surface area (Å²) in [7, 11) is 0. The van der Waals surface area contributed by atoms with E-state index in [1.807, 2.05) is 0 Å². The number of benzene rings is 1. The summed E-state index contributed by atoms with van der Waals surface area (Å²) in [5, 5.41) is 19.4. The third-order valence-electron chi connectivity index (χ3n) is 2.19. The lowest BCUT2D eigenvalue weighted by molar-refractivity contribution is 0.172. The summed E-state index contributed by atoms with van der Waals surface area (Å²) >= 11 is 0. The fourth-order valence-corrected chi connectivity index (χ4v) is 1.40. The predicted octanol–water partition coefficient (Wildman–Crippen LogP) is 1.36. The number of hydrogen-bond donors (Lipinski definition) is 2. The van der Waals surface area contributed by atoms with Crippen LogP contribution in [0.4, 0.5) is 8.78 Å².